The molecule has 16 heavy (non-hydrogen) atoms. The quantitative estimate of drug-likeness (QED) is 0.626. The number of amides is 1. The van der Waals surface area contributed by atoms with Gasteiger partial charge in [0.25, 0.3) is 0 Å². The zero-order valence-electron chi connectivity index (χ0n) is 9.18. The lowest BCUT2D eigenvalue weighted by Gasteiger charge is -2.37. The molecule has 0 aromatic carbocycles. The molecular formula is C9H16N2O4S. The standard InChI is InChI=1S/C9H16N2O4S/c1-15-4-9(12)11-3-2-10-7-5-16(13,14)6-8(7)11/h7-8,10H,2-6H2,1H3/t7-,8+/m1/s1. The Bertz CT molecular complexity index is 381. The molecule has 7 heteroatoms. The summed E-state index contributed by atoms with van der Waals surface area (Å²) in [4.78, 5) is 13.4. The maximum Gasteiger partial charge on any atom is 0.248 e. The van der Waals surface area contributed by atoms with Crippen LogP contribution in [-0.4, -0.2) is 69.6 Å². The number of carbonyl (C=O) groups is 1. The zero-order valence-corrected chi connectivity index (χ0v) is 10.00. The second-order valence-electron chi connectivity index (χ2n) is 4.23. The van der Waals surface area contributed by atoms with Gasteiger partial charge in [-0.15, -0.1) is 0 Å². The molecule has 0 saturated carbocycles. The summed E-state index contributed by atoms with van der Waals surface area (Å²) < 4.78 is 27.8. The molecule has 2 heterocycles. The summed E-state index contributed by atoms with van der Waals surface area (Å²) >= 11 is 0. The number of nitrogens with zero attached hydrogens (tertiary/aromatic N) is 1. The first-order chi connectivity index (χ1) is 7.53. The molecule has 2 aliphatic heterocycles. The largest absolute Gasteiger partial charge is 0.375 e. The van der Waals surface area contributed by atoms with Crippen molar-refractivity contribution in [1.29, 1.82) is 0 Å². The number of carbonyl (C=O) groups excluding carboxylic acids is 1. The molecule has 2 rings (SSSR count). The molecule has 92 valence electrons. The van der Waals surface area contributed by atoms with Gasteiger partial charge in [0.05, 0.1) is 17.5 Å². The third-order valence-corrected chi connectivity index (χ3v) is 4.79. The van der Waals surface area contributed by atoms with Gasteiger partial charge >= 0.3 is 0 Å². The van der Waals surface area contributed by atoms with E-state index in [4.69, 9.17) is 4.74 Å². The third kappa shape index (κ3) is 2.21. The lowest BCUT2D eigenvalue weighted by Crippen LogP contribution is -2.59. The minimum atomic E-state index is -3.01. The number of fused-ring (bicyclic) bond motifs is 1. The fourth-order valence-electron chi connectivity index (χ4n) is 2.38. The van der Waals surface area contributed by atoms with Gasteiger partial charge < -0.3 is 15.0 Å². The van der Waals surface area contributed by atoms with E-state index in [1.54, 1.807) is 4.90 Å². The van der Waals surface area contributed by atoms with Crippen LogP contribution >= 0.6 is 0 Å². The minimum absolute atomic E-state index is 0.0171. The normalized spacial score (nSPS) is 32.4. The number of piperazine rings is 1. The van der Waals surface area contributed by atoms with E-state index in [1.165, 1.54) is 7.11 Å². The summed E-state index contributed by atoms with van der Waals surface area (Å²) in [6, 6.07) is -0.332. The fraction of sp³-hybridized carbons (Fsp3) is 0.889. The van der Waals surface area contributed by atoms with Crippen LogP contribution in [0.5, 0.6) is 0 Å². The van der Waals surface area contributed by atoms with Crippen LogP contribution in [-0.2, 0) is 19.4 Å². The lowest BCUT2D eigenvalue weighted by atomic mass is 10.1. The second-order valence-corrected chi connectivity index (χ2v) is 6.38. The number of sulfone groups is 1. The second kappa shape index (κ2) is 4.31. The molecule has 0 unspecified atom stereocenters. The van der Waals surface area contributed by atoms with Gasteiger partial charge in [-0.3, -0.25) is 4.79 Å². The number of hydrogen-bond acceptors (Lipinski definition) is 5. The van der Waals surface area contributed by atoms with Crippen LogP contribution < -0.4 is 5.32 Å². The first-order valence-corrected chi connectivity index (χ1v) is 7.08. The van der Waals surface area contributed by atoms with E-state index in [9.17, 15) is 13.2 Å². The smallest absolute Gasteiger partial charge is 0.248 e. The summed E-state index contributed by atoms with van der Waals surface area (Å²) in [6.07, 6.45) is 0. The van der Waals surface area contributed by atoms with Gasteiger partial charge in [0.15, 0.2) is 9.84 Å². The highest BCUT2D eigenvalue weighted by Gasteiger charge is 2.44. The fourth-order valence-corrected chi connectivity index (χ4v) is 4.34. The van der Waals surface area contributed by atoms with Crippen LogP contribution in [0.15, 0.2) is 0 Å². The van der Waals surface area contributed by atoms with Gasteiger partial charge in [0, 0.05) is 26.2 Å². The van der Waals surface area contributed by atoms with Crippen LogP contribution in [0.25, 0.3) is 0 Å². The first-order valence-electron chi connectivity index (χ1n) is 5.26. The number of methoxy groups -OCH3 is 1. The van der Waals surface area contributed by atoms with Crippen LogP contribution in [0.2, 0.25) is 0 Å². The van der Waals surface area contributed by atoms with Crippen LogP contribution in [0.1, 0.15) is 0 Å². The predicted molar refractivity (Wildman–Crippen MR) is 57.8 cm³/mol. The van der Waals surface area contributed by atoms with Crippen molar-refractivity contribution in [1.82, 2.24) is 10.2 Å². The number of nitrogens with one attached hydrogen (secondary N) is 1. The van der Waals surface area contributed by atoms with Crippen LogP contribution in [0.4, 0.5) is 0 Å². The van der Waals surface area contributed by atoms with Gasteiger partial charge in [0.1, 0.15) is 6.61 Å². The van der Waals surface area contributed by atoms with E-state index in [2.05, 4.69) is 5.32 Å². The molecule has 0 radical (unpaired) electrons. The monoisotopic (exact) mass is 248 g/mol. The maximum absolute atomic E-state index is 11.7. The lowest BCUT2D eigenvalue weighted by molar-refractivity contribution is -0.138. The van der Waals surface area contributed by atoms with Crippen molar-refractivity contribution in [2.75, 3.05) is 38.3 Å². The van der Waals surface area contributed by atoms with Crippen molar-refractivity contribution in [3.63, 3.8) is 0 Å². The summed E-state index contributed by atoms with van der Waals surface area (Å²) in [7, 11) is -1.55. The van der Waals surface area contributed by atoms with E-state index in [-0.39, 0.29) is 36.1 Å². The molecular weight excluding hydrogens is 232 g/mol. The van der Waals surface area contributed by atoms with E-state index < -0.39 is 9.84 Å². The molecule has 0 aromatic rings. The summed E-state index contributed by atoms with van der Waals surface area (Å²) in [5.74, 6) is 0.0743. The van der Waals surface area contributed by atoms with E-state index in [0.29, 0.717) is 13.1 Å². The first kappa shape index (κ1) is 11.8. The van der Waals surface area contributed by atoms with Gasteiger partial charge in [-0.25, -0.2) is 8.42 Å². The maximum atomic E-state index is 11.7. The Labute approximate surface area is 94.9 Å². The molecule has 2 aliphatic rings. The molecule has 0 spiro atoms. The Balaban J connectivity index is 2.13. The minimum Gasteiger partial charge on any atom is -0.375 e. The summed E-state index contributed by atoms with van der Waals surface area (Å²) in [6.45, 7) is 1.22. The van der Waals surface area contributed by atoms with Crippen molar-refractivity contribution in [3.05, 3.63) is 0 Å². The Morgan fingerprint density at radius 3 is 2.94 bits per heavy atom. The number of hydrogen-bond donors (Lipinski definition) is 1. The molecule has 0 aromatic heterocycles. The van der Waals surface area contributed by atoms with Gasteiger partial charge in [-0.05, 0) is 0 Å². The van der Waals surface area contributed by atoms with Crippen LogP contribution in [0.3, 0.4) is 0 Å². The van der Waals surface area contributed by atoms with E-state index >= 15 is 0 Å². The van der Waals surface area contributed by atoms with Gasteiger partial charge in [-0.1, -0.05) is 0 Å². The third-order valence-electron chi connectivity index (χ3n) is 3.07. The summed E-state index contributed by atoms with van der Waals surface area (Å²) in [5.41, 5.74) is 0. The Morgan fingerprint density at radius 1 is 1.50 bits per heavy atom. The molecule has 2 saturated heterocycles. The SMILES string of the molecule is COCC(=O)N1CCN[C@@H]2CS(=O)(=O)C[C@@H]21. The molecule has 0 bridgehead atoms. The molecule has 2 fully saturated rings. The average Bonchev–Trinajstić information content (AvgIpc) is 2.51. The molecule has 1 amide bonds. The topological polar surface area (TPSA) is 75.7 Å². The molecule has 2 atom stereocenters. The Morgan fingerprint density at radius 2 is 2.25 bits per heavy atom. The highest BCUT2D eigenvalue weighted by Crippen LogP contribution is 2.21. The highest BCUT2D eigenvalue weighted by atomic mass is 32.2. The molecule has 1 N–H and O–H groups in total. The number of ether oxygens (including phenoxy) is 1. The van der Waals surface area contributed by atoms with Crippen molar-refractivity contribution >= 4 is 15.7 Å². The predicted octanol–water partition coefficient (Wildman–Crippen LogP) is -1.77. The van der Waals surface area contributed by atoms with E-state index in [1.807, 2.05) is 0 Å². The van der Waals surface area contributed by atoms with Crippen molar-refractivity contribution in [3.8, 4) is 0 Å². The van der Waals surface area contributed by atoms with Crippen molar-refractivity contribution < 1.29 is 17.9 Å². The summed E-state index contributed by atoms with van der Waals surface area (Å²) in [5, 5.41) is 3.15. The Kier molecular flexibility index (Phi) is 3.18. The van der Waals surface area contributed by atoms with Crippen molar-refractivity contribution in [2.45, 2.75) is 12.1 Å². The van der Waals surface area contributed by atoms with Crippen LogP contribution in [0, 0.1) is 0 Å². The number of rotatable bonds is 2. The average molecular weight is 248 g/mol. The molecule has 0 aliphatic carbocycles. The highest BCUT2D eigenvalue weighted by molar-refractivity contribution is 7.91. The van der Waals surface area contributed by atoms with Crippen molar-refractivity contribution in [2.24, 2.45) is 0 Å². The van der Waals surface area contributed by atoms with E-state index in [0.717, 1.165) is 0 Å². The van der Waals surface area contributed by atoms with Gasteiger partial charge in [0.2, 0.25) is 5.91 Å². The Hall–Kier alpha value is -0.660. The zero-order chi connectivity index (χ0) is 11.8. The van der Waals surface area contributed by atoms with Gasteiger partial charge in [-0.2, -0.15) is 0 Å². The molecule has 6 nitrogen and oxygen atoms in total.